The van der Waals surface area contributed by atoms with E-state index in [-0.39, 0.29) is 4.90 Å². The Morgan fingerprint density at radius 2 is 1.60 bits per heavy atom. The second kappa shape index (κ2) is 5.64. The Kier molecular flexibility index (Phi) is 4.28. The third-order valence-electron chi connectivity index (χ3n) is 2.99. The number of nitrogens with zero attached hydrogens (tertiary/aromatic N) is 1. The van der Waals surface area contributed by atoms with E-state index in [2.05, 4.69) is 0 Å². The first-order valence-electron chi connectivity index (χ1n) is 5.83. The fourth-order valence-electron chi connectivity index (χ4n) is 1.68. The maximum Gasteiger partial charge on any atom is 0.264 e. The van der Waals surface area contributed by atoms with Gasteiger partial charge in [0, 0.05) is 17.1 Å². The Hall–Kier alpha value is -1.23. The van der Waals surface area contributed by atoms with Crippen LogP contribution < -0.4 is 4.31 Å². The minimum atomic E-state index is -3.62. The first kappa shape index (κ1) is 15.2. The van der Waals surface area contributed by atoms with Gasteiger partial charge in [-0.3, -0.25) is 4.31 Å². The lowest BCUT2D eigenvalue weighted by Crippen LogP contribution is -2.26. The highest BCUT2D eigenvalue weighted by molar-refractivity contribution is 7.92. The third-order valence-corrected chi connectivity index (χ3v) is 5.45. The van der Waals surface area contributed by atoms with Crippen molar-refractivity contribution >= 4 is 38.9 Å². The summed E-state index contributed by atoms with van der Waals surface area (Å²) in [5, 5.41) is 1.02. The molecule has 0 N–H and O–H groups in total. The number of benzene rings is 2. The minimum absolute atomic E-state index is 0.182. The molecule has 2 aromatic rings. The molecule has 0 aliphatic heterocycles. The van der Waals surface area contributed by atoms with E-state index in [0.717, 1.165) is 5.56 Å². The number of halogens is 2. The summed E-state index contributed by atoms with van der Waals surface area (Å²) in [5.41, 5.74) is 1.41. The molecule has 0 bridgehead atoms. The molecule has 0 amide bonds. The molecule has 20 heavy (non-hydrogen) atoms. The fraction of sp³-hybridized carbons (Fsp3) is 0.143. The van der Waals surface area contributed by atoms with Crippen molar-refractivity contribution in [2.75, 3.05) is 11.4 Å². The third kappa shape index (κ3) is 2.92. The summed E-state index contributed by atoms with van der Waals surface area (Å²) in [7, 11) is -2.13. The van der Waals surface area contributed by atoms with E-state index in [1.807, 2.05) is 6.92 Å². The van der Waals surface area contributed by atoms with Gasteiger partial charge in [0.25, 0.3) is 10.0 Å². The van der Waals surface area contributed by atoms with Gasteiger partial charge < -0.3 is 0 Å². The largest absolute Gasteiger partial charge is 0.269 e. The van der Waals surface area contributed by atoms with Gasteiger partial charge in [0.2, 0.25) is 0 Å². The van der Waals surface area contributed by atoms with Crippen molar-refractivity contribution in [3.8, 4) is 0 Å². The summed E-state index contributed by atoms with van der Waals surface area (Å²) in [5.74, 6) is 0. The van der Waals surface area contributed by atoms with E-state index in [4.69, 9.17) is 23.2 Å². The first-order valence-corrected chi connectivity index (χ1v) is 8.02. The SMILES string of the molecule is Cc1ccc(N(C)S(=O)(=O)c2ccc(Cl)cc2)cc1Cl. The van der Waals surface area contributed by atoms with Crippen LogP contribution >= 0.6 is 23.2 Å². The van der Waals surface area contributed by atoms with E-state index in [9.17, 15) is 8.42 Å². The number of aryl methyl sites for hydroxylation is 1. The fourth-order valence-corrected chi connectivity index (χ4v) is 3.17. The Morgan fingerprint density at radius 1 is 1.00 bits per heavy atom. The summed E-state index contributed by atoms with van der Waals surface area (Å²) < 4.78 is 26.2. The highest BCUT2D eigenvalue weighted by Crippen LogP contribution is 2.27. The van der Waals surface area contributed by atoms with Gasteiger partial charge >= 0.3 is 0 Å². The summed E-state index contributed by atoms with van der Waals surface area (Å²) >= 11 is 11.8. The van der Waals surface area contributed by atoms with Crippen LogP contribution in [0.15, 0.2) is 47.4 Å². The highest BCUT2D eigenvalue weighted by Gasteiger charge is 2.21. The van der Waals surface area contributed by atoms with Crippen molar-refractivity contribution < 1.29 is 8.42 Å². The summed E-state index contributed by atoms with van der Waals surface area (Å²) in [4.78, 5) is 0.182. The zero-order valence-corrected chi connectivity index (χ0v) is 13.3. The van der Waals surface area contributed by atoms with Gasteiger partial charge in [0.05, 0.1) is 10.6 Å². The Bertz CT molecular complexity index is 727. The topological polar surface area (TPSA) is 37.4 Å². The molecule has 3 nitrogen and oxygen atoms in total. The van der Waals surface area contributed by atoms with Gasteiger partial charge in [0.15, 0.2) is 0 Å². The van der Waals surface area contributed by atoms with Crippen molar-refractivity contribution in [1.82, 2.24) is 0 Å². The van der Waals surface area contributed by atoms with Gasteiger partial charge in [0.1, 0.15) is 0 Å². The van der Waals surface area contributed by atoms with Crippen LogP contribution in [0.5, 0.6) is 0 Å². The number of rotatable bonds is 3. The number of sulfonamides is 1. The Labute approximate surface area is 128 Å². The van der Waals surface area contributed by atoms with Crippen LogP contribution in [0.4, 0.5) is 5.69 Å². The normalized spacial score (nSPS) is 11.4. The smallest absolute Gasteiger partial charge is 0.264 e. The van der Waals surface area contributed by atoms with Crippen LogP contribution in [0.3, 0.4) is 0 Å². The molecular weight excluding hydrogens is 317 g/mol. The minimum Gasteiger partial charge on any atom is -0.269 e. The lowest BCUT2D eigenvalue weighted by molar-refractivity contribution is 0.594. The van der Waals surface area contributed by atoms with E-state index in [1.165, 1.54) is 23.5 Å². The van der Waals surface area contributed by atoms with Crippen LogP contribution in [0.2, 0.25) is 10.0 Å². The lowest BCUT2D eigenvalue weighted by Gasteiger charge is -2.20. The lowest BCUT2D eigenvalue weighted by atomic mass is 10.2. The van der Waals surface area contributed by atoms with Gasteiger partial charge in [-0.05, 0) is 48.9 Å². The molecule has 0 saturated heterocycles. The van der Waals surface area contributed by atoms with Crippen LogP contribution in [0.25, 0.3) is 0 Å². The van der Waals surface area contributed by atoms with Gasteiger partial charge in [-0.15, -0.1) is 0 Å². The van der Waals surface area contributed by atoms with E-state index >= 15 is 0 Å². The predicted octanol–water partition coefficient (Wildman–Crippen LogP) is 4.13. The van der Waals surface area contributed by atoms with Crippen molar-refractivity contribution in [2.24, 2.45) is 0 Å². The van der Waals surface area contributed by atoms with Gasteiger partial charge in [-0.25, -0.2) is 8.42 Å². The molecule has 0 atom stereocenters. The van der Waals surface area contributed by atoms with Crippen LogP contribution in [0, 0.1) is 6.92 Å². The molecule has 0 aromatic heterocycles. The van der Waals surface area contributed by atoms with Crippen molar-refractivity contribution in [2.45, 2.75) is 11.8 Å². The quantitative estimate of drug-likeness (QED) is 0.849. The van der Waals surface area contributed by atoms with E-state index in [1.54, 1.807) is 30.3 Å². The Morgan fingerprint density at radius 3 is 2.15 bits per heavy atom. The molecule has 0 radical (unpaired) electrons. The summed E-state index contributed by atoms with van der Waals surface area (Å²) in [6, 6.07) is 11.2. The standard InChI is InChI=1S/C14H13Cl2NO2S/c1-10-3-6-12(9-14(10)16)17(2)20(18,19)13-7-4-11(15)5-8-13/h3-9H,1-2H3. The molecule has 0 unspecified atom stereocenters. The number of hydrogen-bond donors (Lipinski definition) is 0. The van der Waals surface area contributed by atoms with Crippen molar-refractivity contribution in [3.05, 3.63) is 58.1 Å². The zero-order valence-electron chi connectivity index (χ0n) is 11.0. The van der Waals surface area contributed by atoms with E-state index in [0.29, 0.717) is 15.7 Å². The summed E-state index contributed by atoms with van der Waals surface area (Å²) in [6.45, 7) is 1.86. The summed E-state index contributed by atoms with van der Waals surface area (Å²) in [6.07, 6.45) is 0. The molecule has 0 heterocycles. The zero-order chi connectivity index (χ0) is 14.9. The van der Waals surface area contributed by atoms with Gasteiger partial charge in [-0.2, -0.15) is 0 Å². The first-order chi connectivity index (χ1) is 9.32. The van der Waals surface area contributed by atoms with Crippen molar-refractivity contribution in [1.29, 1.82) is 0 Å². The molecule has 0 aliphatic rings. The molecule has 0 fully saturated rings. The average molecular weight is 330 g/mol. The molecule has 0 saturated carbocycles. The van der Waals surface area contributed by atoms with Crippen molar-refractivity contribution in [3.63, 3.8) is 0 Å². The maximum atomic E-state index is 12.5. The van der Waals surface area contributed by atoms with Crippen LogP contribution in [0.1, 0.15) is 5.56 Å². The average Bonchev–Trinajstić information content (AvgIpc) is 2.41. The maximum absolute atomic E-state index is 12.5. The molecule has 2 aromatic carbocycles. The second-order valence-corrected chi connectivity index (χ2v) is 7.17. The number of hydrogen-bond acceptors (Lipinski definition) is 2. The second-order valence-electron chi connectivity index (χ2n) is 4.36. The van der Waals surface area contributed by atoms with E-state index < -0.39 is 10.0 Å². The molecular formula is C14H13Cl2NO2S. The molecule has 6 heteroatoms. The molecule has 0 aliphatic carbocycles. The molecule has 106 valence electrons. The monoisotopic (exact) mass is 329 g/mol. The molecule has 2 rings (SSSR count). The Balaban J connectivity index is 2.42. The highest BCUT2D eigenvalue weighted by atomic mass is 35.5. The number of anilines is 1. The van der Waals surface area contributed by atoms with Crippen LogP contribution in [-0.2, 0) is 10.0 Å². The van der Waals surface area contributed by atoms with Gasteiger partial charge in [-0.1, -0.05) is 29.3 Å². The molecule has 0 spiro atoms. The predicted molar refractivity (Wildman–Crippen MR) is 83.2 cm³/mol. The van der Waals surface area contributed by atoms with Crippen LogP contribution in [-0.4, -0.2) is 15.5 Å².